The number of aryl methyl sites for hydroxylation is 1. The van der Waals surface area contributed by atoms with Gasteiger partial charge in [0.05, 0.1) is 11.2 Å². The number of carbonyl (C=O) groups is 1. The molecule has 4 heteroatoms. The Bertz CT molecular complexity index is 443. The van der Waals surface area contributed by atoms with Crippen LogP contribution in [0.1, 0.15) is 18.5 Å². The second-order valence-electron chi connectivity index (χ2n) is 3.45. The number of pyridine rings is 1. The summed E-state index contributed by atoms with van der Waals surface area (Å²) in [6.07, 6.45) is 3.44. The molecule has 0 spiro atoms. The Morgan fingerprint density at radius 3 is 3.07 bits per heavy atom. The summed E-state index contributed by atoms with van der Waals surface area (Å²) in [6.45, 7) is 0. The highest BCUT2D eigenvalue weighted by atomic mass is 16.4. The zero-order valence-corrected chi connectivity index (χ0v) is 8.26. The molecule has 2 aromatic heterocycles. The molecule has 0 saturated carbocycles. The van der Waals surface area contributed by atoms with Gasteiger partial charge in [0.2, 0.25) is 0 Å². The lowest BCUT2D eigenvalue weighted by atomic mass is 10.2. The zero-order chi connectivity index (χ0) is 10.7. The van der Waals surface area contributed by atoms with E-state index in [-0.39, 0.29) is 6.42 Å². The normalized spacial score (nSPS) is 10.7. The predicted molar refractivity (Wildman–Crippen MR) is 55.8 cm³/mol. The third kappa shape index (κ3) is 2.34. The van der Waals surface area contributed by atoms with Gasteiger partial charge in [-0.1, -0.05) is 6.07 Å². The van der Waals surface area contributed by atoms with Crippen LogP contribution in [0.5, 0.6) is 0 Å². The number of aromatic nitrogens is 2. The molecular weight excluding hydrogens is 192 g/mol. The van der Waals surface area contributed by atoms with Crippen LogP contribution in [0.15, 0.2) is 30.5 Å². The van der Waals surface area contributed by atoms with Gasteiger partial charge >= 0.3 is 5.97 Å². The minimum Gasteiger partial charge on any atom is -0.481 e. The fourth-order valence-electron chi connectivity index (χ4n) is 1.53. The number of carboxylic acids is 1. The van der Waals surface area contributed by atoms with E-state index >= 15 is 0 Å². The second-order valence-corrected chi connectivity index (χ2v) is 3.45. The predicted octanol–water partition coefficient (Wildman–Crippen LogP) is 1.74. The summed E-state index contributed by atoms with van der Waals surface area (Å²) in [6, 6.07) is 7.84. The van der Waals surface area contributed by atoms with E-state index < -0.39 is 5.97 Å². The van der Waals surface area contributed by atoms with Crippen LogP contribution in [-0.2, 0) is 11.2 Å². The third-order valence-corrected chi connectivity index (χ3v) is 2.24. The number of hydrogen-bond acceptors (Lipinski definition) is 2. The first-order valence-electron chi connectivity index (χ1n) is 4.91. The molecule has 0 aliphatic carbocycles. The van der Waals surface area contributed by atoms with E-state index in [1.54, 1.807) is 4.52 Å². The van der Waals surface area contributed by atoms with Crippen LogP contribution in [-0.4, -0.2) is 20.7 Å². The summed E-state index contributed by atoms with van der Waals surface area (Å²) in [5, 5.41) is 12.8. The van der Waals surface area contributed by atoms with E-state index in [0.29, 0.717) is 12.8 Å². The second kappa shape index (κ2) is 4.13. The minimum absolute atomic E-state index is 0.202. The lowest BCUT2D eigenvalue weighted by molar-refractivity contribution is -0.137. The average molecular weight is 204 g/mol. The highest BCUT2D eigenvalue weighted by Gasteiger charge is 2.02. The van der Waals surface area contributed by atoms with E-state index in [1.807, 2.05) is 30.5 Å². The molecule has 0 aromatic carbocycles. The van der Waals surface area contributed by atoms with Crippen LogP contribution >= 0.6 is 0 Å². The topological polar surface area (TPSA) is 54.6 Å². The molecule has 0 atom stereocenters. The van der Waals surface area contributed by atoms with Crippen LogP contribution < -0.4 is 0 Å². The summed E-state index contributed by atoms with van der Waals surface area (Å²) in [5.74, 6) is -0.751. The molecular formula is C11H12N2O2. The van der Waals surface area contributed by atoms with Gasteiger partial charge in [0.1, 0.15) is 0 Å². The molecule has 0 aliphatic heterocycles. The van der Waals surface area contributed by atoms with E-state index in [4.69, 9.17) is 5.11 Å². The van der Waals surface area contributed by atoms with Gasteiger partial charge in [0.15, 0.2) is 0 Å². The van der Waals surface area contributed by atoms with Gasteiger partial charge in [-0.15, -0.1) is 0 Å². The quantitative estimate of drug-likeness (QED) is 0.825. The van der Waals surface area contributed by atoms with E-state index in [9.17, 15) is 4.79 Å². The standard InChI is InChI=1S/C11H12N2O2/c14-11(15)6-3-4-9-8-10-5-1-2-7-13(10)12-9/h1-2,5,7-8H,3-4,6H2,(H,14,15). The summed E-state index contributed by atoms with van der Waals surface area (Å²) in [4.78, 5) is 10.3. The summed E-state index contributed by atoms with van der Waals surface area (Å²) in [7, 11) is 0. The molecule has 0 amide bonds. The summed E-state index contributed by atoms with van der Waals surface area (Å²) in [5.41, 5.74) is 1.99. The summed E-state index contributed by atoms with van der Waals surface area (Å²) >= 11 is 0. The minimum atomic E-state index is -0.751. The van der Waals surface area contributed by atoms with Crippen molar-refractivity contribution < 1.29 is 9.90 Å². The Labute approximate surface area is 87.2 Å². The zero-order valence-electron chi connectivity index (χ0n) is 8.26. The maximum absolute atomic E-state index is 10.3. The van der Waals surface area contributed by atoms with Crippen molar-refractivity contribution in [2.45, 2.75) is 19.3 Å². The third-order valence-electron chi connectivity index (χ3n) is 2.24. The number of fused-ring (bicyclic) bond motifs is 1. The molecule has 0 fully saturated rings. The molecule has 15 heavy (non-hydrogen) atoms. The fraction of sp³-hybridized carbons (Fsp3) is 0.273. The van der Waals surface area contributed by atoms with Gasteiger partial charge in [-0.25, -0.2) is 4.52 Å². The molecule has 2 heterocycles. The van der Waals surface area contributed by atoms with Gasteiger partial charge in [-0.3, -0.25) is 4.79 Å². The molecule has 2 rings (SSSR count). The van der Waals surface area contributed by atoms with Gasteiger partial charge < -0.3 is 5.11 Å². The number of hydrogen-bond donors (Lipinski definition) is 1. The van der Waals surface area contributed by atoms with Crippen molar-refractivity contribution in [1.29, 1.82) is 0 Å². The maximum atomic E-state index is 10.3. The highest BCUT2D eigenvalue weighted by molar-refractivity contribution is 5.66. The Hall–Kier alpha value is -1.84. The Morgan fingerprint density at radius 1 is 1.47 bits per heavy atom. The van der Waals surface area contributed by atoms with Crippen LogP contribution in [0.3, 0.4) is 0 Å². The SMILES string of the molecule is O=C(O)CCCc1cc2ccccn2n1. The molecule has 1 N–H and O–H groups in total. The number of aliphatic carboxylic acids is 1. The van der Waals surface area contributed by atoms with Crippen LogP contribution in [0.4, 0.5) is 0 Å². The van der Waals surface area contributed by atoms with E-state index in [0.717, 1.165) is 11.2 Å². The first kappa shape index (κ1) is 9.71. The fourth-order valence-corrected chi connectivity index (χ4v) is 1.53. The van der Waals surface area contributed by atoms with Gasteiger partial charge in [0, 0.05) is 12.6 Å². The van der Waals surface area contributed by atoms with Crippen molar-refractivity contribution in [1.82, 2.24) is 9.61 Å². The van der Waals surface area contributed by atoms with Crippen molar-refractivity contribution >= 4 is 11.5 Å². The molecule has 0 saturated heterocycles. The number of nitrogens with zero attached hydrogens (tertiary/aromatic N) is 2. The molecule has 0 unspecified atom stereocenters. The van der Waals surface area contributed by atoms with Crippen LogP contribution in [0.25, 0.3) is 5.52 Å². The monoisotopic (exact) mass is 204 g/mol. The molecule has 0 aliphatic rings. The van der Waals surface area contributed by atoms with Crippen molar-refractivity contribution in [3.8, 4) is 0 Å². The lowest BCUT2D eigenvalue weighted by Crippen LogP contribution is -1.96. The first-order valence-corrected chi connectivity index (χ1v) is 4.91. The van der Waals surface area contributed by atoms with Gasteiger partial charge in [-0.05, 0) is 31.0 Å². The Morgan fingerprint density at radius 2 is 2.33 bits per heavy atom. The first-order chi connectivity index (χ1) is 7.25. The largest absolute Gasteiger partial charge is 0.481 e. The Kier molecular flexibility index (Phi) is 2.67. The van der Waals surface area contributed by atoms with Crippen molar-refractivity contribution in [2.24, 2.45) is 0 Å². The highest BCUT2D eigenvalue weighted by Crippen LogP contribution is 2.08. The maximum Gasteiger partial charge on any atom is 0.303 e. The van der Waals surface area contributed by atoms with Gasteiger partial charge in [-0.2, -0.15) is 5.10 Å². The van der Waals surface area contributed by atoms with E-state index in [2.05, 4.69) is 5.10 Å². The van der Waals surface area contributed by atoms with Crippen molar-refractivity contribution in [3.63, 3.8) is 0 Å². The van der Waals surface area contributed by atoms with Crippen molar-refractivity contribution in [3.05, 3.63) is 36.2 Å². The molecule has 0 radical (unpaired) electrons. The van der Waals surface area contributed by atoms with Crippen LogP contribution in [0, 0.1) is 0 Å². The van der Waals surface area contributed by atoms with Crippen molar-refractivity contribution in [2.75, 3.05) is 0 Å². The molecule has 2 aromatic rings. The smallest absolute Gasteiger partial charge is 0.303 e. The van der Waals surface area contributed by atoms with E-state index in [1.165, 1.54) is 0 Å². The van der Waals surface area contributed by atoms with Gasteiger partial charge in [0.25, 0.3) is 0 Å². The average Bonchev–Trinajstić information content (AvgIpc) is 2.59. The molecule has 78 valence electrons. The lowest BCUT2D eigenvalue weighted by Gasteiger charge is -1.92. The summed E-state index contributed by atoms with van der Waals surface area (Å²) < 4.78 is 1.80. The molecule has 4 nitrogen and oxygen atoms in total. The van der Waals surface area contributed by atoms with Crippen LogP contribution in [0.2, 0.25) is 0 Å². The Balaban J connectivity index is 2.05. The number of rotatable bonds is 4. The number of carboxylic acid groups (broad SMARTS) is 1. The molecule has 0 bridgehead atoms.